The molecule has 1 spiro atoms. The molecular formula is C39H54O17. The van der Waals surface area contributed by atoms with Crippen molar-refractivity contribution < 1.29 is 81.3 Å². The van der Waals surface area contributed by atoms with Crippen LogP contribution in [0.3, 0.4) is 0 Å². The lowest BCUT2D eigenvalue weighted by Crippen LogP contribution is -2.76. The second-order valence-corrected chi connectivity index (χ2v) is 15.9. The Kier molecular flexibility index (Phi) is 13.8. The zero-order valence-electron chi connectivity index (χ0n) is 33.5. The fourth-order valence-electron chi connectivity index (χ4n) is 8.14. The number of hydrogen-bond donors (Lipinski definition) is 1. The molecule has 0 aromatic carbocycles. The Hall–Kier alpha value is -4.35. The van der Waals surface area contributed by atoms with Gasteiger partial charge in [-0.2, -0.15) is 0 Å². The van der Waals surface area contributed by atoms with Gasteiger partial charge in [0, 0.05) is 46.6 Å². The van der Waals surface area contributed by atoms with Gasteiger partial charge in [0.15, 0.2) is 36.6 Å². The van der Waals surface area contributed by atoms with E-state index in [2.05, 4.69) is 0 Å². The highest BCUT2D eigenvalue weighted by atomic mass is 16.7. The van der Waals surface area contributed by atoms with E-state index in [1.807, 2.05) is 0 Å². The highest BCUT2D eigenvalue weighted by Crippen LogP contribution is 2.63. The smallest absolute Gasteiger partial charge is 0.344 e. The summed E-state index contributed by atoms with van der Waals surface area (Å²) in [4.78, 5) is 92.2. The molecule has 0 bridgehead atoms. The third-order valence-electron chi connectivity index (χ3n) is 10.6. The fraction of sp³-hybridized carbons (Fsp3) is 0.718. The molecule has 11 atom stereocenters. The van der Waals surface area contributed by atoms with Crippen LogP contribution in [0.2, 0.25) is 0 Å². The number of rotatable bonds is 13. The molecule has 0 aromatic heterocycles. The van der Waals surface area contributed by atoms with Crippen LogP contribution in [-0.2, 0) is 76.2 Å². The van der Waals surface area contributed by atoms with E-state index in [4.69, 9.17) is 42.6 Å². The number of carbonyl (C=O) groups excluding carboxylic acids is 7. The zero-order chi connectivity index (χ0) is 41.9. The molecule has 1 N–H and O–H groups in total. The first-order valence-corrected chi connectivity index (χ1v) is 18.6. The Morgan fingerprint density at radius 3 is 1.93 bits per heavy atom. The molecule has 312 valence electrons. The number of aliphatic hydroxyl groups is 1. The molecule has 11 unspecified atom stereocenters. The second-order valence-electron chi connectivity index (χ2n) is 15.9. The first-order valence-electron chi connectivity index (χ1n) is 18.6. The molecule has 17 heteroatoms. The maximum atomic E-state index is 13.7. The normalized spacial score (nSPS) is 34.7. The minimum atomic E-state index is -2.42. The Balaban J connectivity index is 2.10. The molecular weight excluding hydrogens is 740 g/mol. The fourth-order valence-corrected chi connectivity index (χ4v) is 8.14. The van der Waals surface area contributed by atoms with E-state index in [9.17, 15) is 38.7 Å². The summed E-state index contributed by atoms with van der Waals surface area (Å²) in [5, 5.41) is 13.0. The molecule has 4 rings (SSSR count). The molecule has 0 radical (unpaired) electrons. The Morgan fingerprint density at radius 2 is 1.39 bits per heavy atom. The Labute approximate surface area is 325 Å². The maximum Gasteiger partial charge on any atom is 0.344 e. The summed E-state index contributed by atoms with van der Waals surface area (Å²) >= 11 is 0. The van der Waals surface area contributed by atoms with Crippen LogP contribution in [0.1, 0.15) is 75.2 Å². The monoisotopic (exact) mass is 794 g/mol. The first-order chi connectivity index (χ1) is 26.1. The molecule has 4 aliphatic rings. The summed E-state index contributed by atoms with van der Waals surface area (Å²) < 4.78 is 52.6. The average Bonchev–Trinajstić information content (AvgIpc) is 3.83. The molecule has 2 aliphatic carbocycles. The highest BCUT2D eigenvalue weighted by Gasteiger charge is 2.81. The van der Waals surface area contributed by atoms with Crippen LogP contribution < -0.4 is 0 Å². The second kappa shape index (κ2) is 17.4. The van der Waals surface area contributed by atoms with E-state index in [0.717, 1.165) is 20.8 Å². The minimum absolute atomic E-state index is 0.0136. The van der Waals surface area contributed by atoms with E-state index in [1.165, 1.54) is 39.2 Å². The molecule has 17 nitrogen and oxygen atoms in total. The summed E-state index contributed by atoms with van der Waals surface area (Å²) in [6.45, 7) is 12.0. The van der Waals surface area contributed by atoms with Crippen LogP contribution in [0.5, 0.6) is 0 Å². The van der Waals surface area contributed by atoms with Gasteiger partial charge >= 0.3 is 41.8 Å². The average molecular weight is 795 g/mol. The molecule has 1 saturated carbocycles. The van der Waals surface area contributed by atoms with Crippen LogP contribution in [0.4, 0.5) is 0 Å². The third kappa shape index (κ3) is 9.10. The number of ether oxygens (including phenoxy) is 9. The number of hydrogen-bond acceptors (Lipinski definition) is 17. The summed E-state index contributed by atoms with van der Waals surface area (Å²) in [7, 11) is 1.39. The van der Waals surface area contributed by atoms with Crippen molar-refractivity contribution in [2.24, 2.45) is 29.1 Å². The molecule has 2 heterocycles. The van der Waals surface area contributed by atoms with Crippen molar-refractivity contribution in [1.29, 1.82) is 0 Å². The molecule has 2 saturated heterocycles. The van der Waals surface area contributed by atoms with Gasteiger partial charge in [0.25, 0.3) is 0 Å². The maximum absolute atomic E-state index is 13.7. The Morgan fingerprint density at radius 1 is 0.839 bits per heavy atom. The van der Waals surface area contributed by atoms with E-state index >= 15 is 0 Å². The van der Waals surface area contributed by atoms with E-state index in [1.54, 1.807) is 27.7 Å². The molecule has 3 fully saturated rings. The molecule has 0 aromatic rings. The summed E-state index contributed by atoms with van der Waals surface area (Å²) in [5.41, 5.74) is -5.90. The van der Waals surface area contributed by atoms with Crippen molar-refractivity contribution in [2.45, 2.75) is 123 Å². The SMILES string of the molecule is COCC1=CC2OC(=O)C(C)C2(O)C(OC(C)=O)C2C3(CO3)C(OC(C)=O)C(OC(=O)CC(C)C)C(OC(C)=O)C2(C)C(OC(=O)COC(=O)CC(C)C)C=C1. The van der Waals surface area contributed by atoms with Gasteiger partial charge in [-0.1, -0.05) is 40.7 Å². The van der Waals surface area contributed by atoms with Crippen molar-refractivity contribution in [1.82, 2.24) is 0 Å². The van der Waals surface area contributed by atoms with Crippen molar-refractivity contribution in [3.63, 3.8) is 0 Å². The minimum Gasteiger partial charge on any atom is -0.459 e. The van der Waals surface area contributed by atoms with Crippen molar-refractivity contribution in [3.8, 4) is 0 Å². The summed E-state index contributed by atoms with van der Waals surface area (Å²) in [5.74, 6) is -9.20. The van der Waals surface area contributed by atoms with E-state index < -0.39 is 113 Å². The lowest BCUT2D eigenvalue weighted by atomic mass is 9.51. The van der Waals surface area contributed by atoms with Crippen LogP contribution in [0.15, 0.2) is 23.8 Å². The lowest BCUT2D eigenvalue weighted by molar-refractivity contribution is -0.279. The Bertz CT molecular complexity index is 1610. The van der Waals surface area contributed by atoms with Crippen LogP contribution in [0.25, 0.3) is 0 Å². The lowest BCUT2D eigenvalue weighted by Gasteiger charge is -2.59. The standard InChI is InChI=1S/C39H54O17/c1-19(2)13-28(43)49-17-30(45)54-26-12-11-25(16-48-10)15-27-39(47,21(5)36(46)55-27)35(53-24(8)42)32-37(26,9)33(51-22(6)40)31(56-29(44)14-20(3)4)34(52-23(7)41)38(32)18-50-38/h11-12,15,19-21,26-27,31-35,47H,13-14,16-18H2,1-10H3. The van der Waals surface area contributed by atoms with Crippen LogP contribution in [-0.4, -0.2) is 122 Å². The van der Waals surface area contributed by atoms with Gasteiger partial charge in [-0.25, -0.2) is 4.79 Å². The van der Waals surface area contributed by atoms with Crippen molar-refractivity contribution in [3.05, 3.63) is 23.8 Å². The van der Waals surface area contributed by atoms with E-state index in [-0.39, 0.29) is 37.9 Å². The highest BCUT2D eigenvalue weighted by molar-refractivity contribution is 5.78. The largest absolute Gasteiger partial charge is 0.459 e. The summed E-state index contributed by atoms with van der Waals surface area (Å²) in [6.07, 6.45) is -5.64. The molecule has 0 amide bonds. The molecule has 56 heavy (non-hydrogen) atoms. The van der Waals surface area contributed by atoms with Gasteiger partial charge in [-0.15, -0.1) is 0 Å². The molecule has 2 aliphatic heterocycles. The third-order valence-corrected chi connectivity index (χ3v) is 10.6. The van der Waals surface area contributed by atoms with Gasteiger partial charge in [-0.3, -0.25) is 28.8 Å². The van der Waals surface area contributed by atoms with Gasteiger partial charge < -0.3 is 47.7 Å². The topological polar surface area (TPSA) is 226 Å². The number of epoxide rings is 1. The van der Waals surface area contributed by atoms with Gasteiger partial charge in [-0.05, 0) is 36.5 Å². The number of carbonyl (C=O) groups is 7. The van der Waals surface area contributed by atoms with Gasteiger partial charge in [0.2, 0.25) is 0 Å². The van der Waals surface area contributed by atoms with Crippen LogP contribution in [0, 0.1) is 29.1 Å². The van der Waals surface area contributed by atoms with Crippen LogP contribution >= 0.6 is 0 Å². The first kappa shape index (κ1) is 44.4. The van der Waals surface area contributed by atoms with Crippen molar-refractivity contribution in [2.75, 3.05) is 26.9 Å². The quantitative estimate of drug-likeness (QED) is 0.160. The number of methoxy groups -OCH3 is 1. The van der Waals surface area contributed by atoms with Crippen molar-refractivity contribution >= 4 is 41.8 Å². The summed E-state index contributed by atoms with van der Waals surface area (Å²) in [6, 6.07) is 0. The number of esters is 7. The van der Waals surface area contributed by atoms with Gasteiger partial charge in [0.05, 0.1) is 24.5 Å². The predicted molar refractivity (Wildman–Crippen MR) is 190 cm³/mol. The predicted octanol–water partition coefficient (Wildman–Crippen LogP) is 2.08. The number of fused-ring (bicyclic) bond motifs is 3. The van der Waals surface area contributed by atoms with Gasteiger partial charge in [0.1, 0.15) is 17.8 Å². The van der Waals surface area contributed by atoms with E-state index in [0.29, 0.717) is 5.57 Å². The zero-order valence-corrected chi connectivity index (χ0v) is 33.5.